The summed E-state index contributed by atoms with van der Waals surface area (Å²) in [6, 6.07) is 10.2. The van der Waals surface area contributed by atoms with Crippen LogP contribution in [0.4, 0.5) is 5.69 Å². The molecule has 2 heteroatoms. The second-order valence-corrected chi connectivity index (χ2v) is 5.37. The van der Waals surface area contributed by atoms with Crippen molar-refractivity contribution >= 4 is 5.69 Å². The Balaban J connectivity index is 2.09. The van der Waals surface area contributed by atoms with Crippen LogP contribution in [0.2, 0.25) is 0 Å². The van der Waals surface area contributed by atoms with Gasteiger partial charge in [0.2, 0.25) is 0 Å². The Morgan fingerprint density at radius 3 is 2.50 bits per heavy atom. The van der Waals surface area contributed by atoms with Gasteiger partial charge in [-0.2, -0.15) is 0 Å². The Hall–Kier alpha value is -1.02. The lowest BCUT2D eigenvalue weighted by molar-refractivity contribution is 0.587. The highest BCUT2D eigenvalue weighted by Gasteiger charge is 2.21. The van der Waals surface area contributed by atoms with Crippen molar-refractivity contribution in [2.75, 3.05) is 11.9 Å². The first-order valence-electron chi connectivity index (χ1n) is 7.30. The number of benzene rings is 1. The maximum absolute atomic E-state index is 3.62. The molecule has 2 nitrogen and oxygen atoms in total. The molecule has 1 saturated carbocycles. The van der Waals surface area contributed by atoms with Gasteiger partial charge in [0.15, 0.2) is 0 Å². The average molecular weight is 246 g/mol. The van der Waals surface area contributed by atoms with Crippen molar-refractivity contribution in [2.24, 2.45) is 0 Å². The highest BCUT2D eigenvalue weighted by Crippen LogP contribution is 2.25. The standard InChI is InChI=1S/C16H26N2/c1-4-15(5-2)18(3)16-9-7-6-8-13(16)12-17-14-10-11-14/h6-9,14-15,17H,4-5,10-12H2,1-3H3. The van der Waals surface area contributed by atoms with Crippen LogP contribution >= 0.6 is 0 Å². The summed E-state index contributed by atoms with van der Waals surface area (Å²) >= 11 is 0. The predicted molar refractivity (Wildman–Crippen MR) is 79.1 cm³/mol. The number of nitrogens with one attached hydrogen (secondary N) is 1. The molecule has 0 aromatic heterocycles. The van der Waals surface area contributed by atoms with Crippen molar-refractivity contribution in [3.05, 3.63) is 29.8 Å². The van der Waals surface area contributed by atoms with Gasteiger partial charge >= 0.3 is 0 Å². The van der Waals surface area contributed by atoms with Gasteiger partial charge in [-0.3, -0.25) is 0 Å². The molecule has 0 bridgehead atoms. The van der Waals surface area contributed by atoms with E-state index in [1.165, 1.54) is 36.9 Å². The van der Waals surface area contributed by atoms with Crippen molar-refractivity contribution < 1.29 is 0 Å². The van der Waals surface area contributed by atoms with E-state index in [1.54, 1.807) is 0 Å². The quantitative estimate of drug-likeness (QED) is 0.791. The summed E-state index contributed by atoms with van der Waals surface area (Å²) in [7, 11) is 2.23. The lowest BCUT2D eigenvalue weighted by Gasteiger charge is -2.30. The Bertz CT molecular complexity index is 367. The third-order valence-corrected chi connectivity index (χ3v) is 4.02. The van der Waals surface area contributed by atoms with Crippen molar-refractivity contribution in [2.45, 2.75) is 58.2 Å². The molecule has 1 fully saturated rings. The fourth-order valence-corrected chi connectivity index (χ4v) is 2.58. The Morgan fingerprint density at radius 2 is 1.89 bits per heavy atom. The molecule has 0 amide bonds. The molecule has 0 unspecified atom stereocenters. The minimum absolute atomic E-state index is 0.645. The van der Waals surface area contributed by atoms with Crippen molar-refractivity contribution in [3.63, 3.8) is 0 Å². The fourth-order valence-electron chi connectivity index (χ4n) is 2.58. The van der Waals surface area contributed by atoms with E-state index < -0.39 is 0 Å². The Labute approximate surface area is 111 Å². The number of rotatable bonds is 7. The van der Waals surface area contributed by atoms with Gasteiger partial charge in [-0.05, 0) is 37.3 Å². The third-order valence-electron chi connectivity index (χ3n) is 4.02. The molecule has 100 valence electrons. The molecular weight excluding hydrogens is 220 g/mol. The van der Waals surface area contributed by atoms with Gasteiger partial charge < -0.3 is 10.2 Å². The van der Waals surface area contributed by atoms with Crippen LogP contribution in [0.5, 0.6) is 0 Å². The zero-order chi connectivity index (χ0) is 13.0. The van der Waals surface area contributed by atoms with Gasteiger partial charge in [-0.1, -0.05) is 32.0 Å². The van der Waals surface area contributed by atoms with Crippen LogP contribution in [0.15, 0.2) is 24.3 Å². The van der Waals surface area contributed by atoms with E-state index in [-0.39, 0.29) is 0 Å². The largest absolute Gasteiger partial charge is 0.371 e. The van der Waals surface area contributed by atoms with E-state index >= 15 is 0 Å². The normalized spacial score (nSPS) is 15.1. The minimum Gasteiger partial charge on any atom is -0.371 e. The second-order valence-electron chi connectivity index (χ2n) is 5.37. The number of para-hydroxylation sites is 1. The van der Waals surface area contributed by atoms with Crippen LogP contribution in [0, 0.1) is 0 Å². The van der Waals surface area contributed by atoms with Gasteiger partial charge in [-0.15, -0.1) is 0 Å². The topological polar surface area (TPSA) is 15.3 Å². The zero-order valence-corrected chi connectivity index (χ0v) is 11.9. The first-order valence-corrected chi connectivity index (χ1v) is 7.30. The Morgan fingerprint density at radius 1 is 1.22 bits per heavy atom. The van der Waals surface area contributed by atoms with E-state index in [0.29, 0.717) is 6.04 Å². The van der Waals surface area contributed by atoms with Gasteiger partial charge in [0, 0.05) is 31.4 Å². The van der Waals surface area contributed by atoms with Crippen LogP contribution in [0.1, 0.15) is 45.1 Å². The fraction of sp³-hybridized carbons (Fsp3) is 0.625. The molecule has 0 radical (unpaired) electrons. The van der Waals surface area contributed by atoms with Gasteiger partial charge in [-0.25, -0.2) is 0 Å². The van der Waals surface area contributed by atoms with Crippen molar-refractivity contribution in [1.82, 2.24) is 5.32 Å². The van der Waals surface area contributed by atoms with E-state index in [2.05, 4.69) is 55.4 Å². The maximum atomic E-state index is 3.62. The van der Waals surface area contributed by atoms with E-state index in [9.17, 15) is 0 Å². The third kappa shape index (κ3) is 3.26. The highest BCUT2D eigenvalue weighted by molar-refractivity contribution is 5.53. The Kier molecular flexibility index (Phi) is 4.65. The van der Waals surface area contributed by atoms with E-state index in [1.807, 2.05) is 0 Å². The monoisotopic (exact) mass is 246 g/mol. The summed E-state index contributed by atoms with van der Waals surface area (Å²) in [5, 5.41) is 3.62. The molecule has 0 spiro atoms. The predicted octanol–water partition coefficient (Wildman–Crippen LogP) is 3.56. The lowest BCUT2D eigenvalue weighted by atomic mass is 10.1. The van der Waals surface area contributed by atoms with Crippen LogP contribution in [0.25, 0.3) is 0 Å². The smallest absolute Gasteiger partial charge is 0.0411 e. The molecular formula is C16H26N2. The van der Waals surface area contributed by atoms with Crippen LogP contribution in [-0.4, -0.2) is 19.1 Å². The number of hydrogen-bond acceptors (Lipinski definition) is 2. The lowest BCUT2D eigenvalue weighted by Crippen LogP contribution is -2.31. The van der Waals surface area contributed by atoms with Crippen LogP contribution in [-0.2, 0) is 6.54 Å². The molecule has 1 aliphatic carbocycles. The zero-order valence-electron chi connectivity index (χ0n) is 11.9. The van der Waals surface area contributed by atoms with Crippen LogP contribution < -0.4 is 10.2 Å². The van der Waals surface area contributed by atoms with Gasteiger partial charge in [0.1, 0.15) is 0 Å². The van der Waals surface area contributed by atoms with Crippen LogP contribution in [0.3, 0.4) is 0 Å². The van der Waals surface area contributed by atoms with Crippen molar-refractivity contribution in [3.8, 4) is 0 Å². The molecule has 0 aliphatic heterocycles. The summed E-state index contributed by atoms with van der Waals surface area (Å²) in [4.78, 5) is 2.45. The molecule has 1 aliphatic rings. The average Bonchev–Trinajstić information content (AvgIpc) is 3.22. The number of hydrogen-bond donors (Lipinski definition) is 1. The first kappa shape index (κ1) is 13.4. The summed E-state index contributed by atoms with van der Waals surface area (Å²) in [5.41, 5.74) is 2.82. The second kappa shape index (κ2) is 6.24. The summed E-state index contributed by atoms with van der Waals surface area (Å²) in [6.07, 6.45) is 5.11. The molecule has 0 atom stereocenters. The first-order chi connectivity index (χ1) is 8.76. The summed E-state index contributed by atoms with van der Waals surface area (Å²) < 4.78 is 0. The SMILES string of the molecule is CCC(CC)N(C)c1ccccc1CNC1CC1. The van der Waals surface area contributed by atoms with E-state index in [0.717, 1.165) is 12.6 Å². The minimum atomic E-state index is 0.645. The van der Waals surface area contributed by atoms with Gasteiger partial charge in [0.05, 0.1) is 0 Å². The molecule has 2 rings (SSSR count). The highest BCUT2D eigenvalue weighted by atomic mass is 15.1. The maximum Gasteiger partial charge on any atom is 0.0411 e. The molecule has 18 heavy (non-hydrogen) atoms. The number of nitrogens with zero attached hydrogens (tertiary/aromatic N) is 1. The molecule has 1 aromatic carbocycles. The number of anilines is 1. The summed E-state index contributed by atoms with van der Waals surface area (Å²) in [6.45, 7) is 5.55. The molecule has 0 saturated heterocycles. The molecule has 0 heterocycles. The summed E-state index contributed by atoms with van der Waals surface area (Å²) in [5.74, 6) is 0. The van der Waals surface area contributed by atoms with E-state index in [4.69, 9.17) is 0 Å². The van der Waals surface area contributed by atoms with Crippen molar-refractivity contribution in [1.29, 1.82) is 0 Å². The molecule has 1 N–H and O–H groups in total. The van der Waals surface area contributed by atoms with Gasteiger partial charge in [0.25, 0.3) is 0 Å². The molecule has 1 aromatic rings.